The van der Waals surface area contributed by atoms with E-state index in [4.69, 9.17) is 18.6 Å². The van der Waals surface area contributed by atoms with Crippen molar-refractivity contribution in [2.75, 3.05) is 21.3 Å². The van der Waals surface area contributed by atoms with Gasteiger partial charge in [0.05, 0.1) is 26.7 Å². The molecular weight excluding hydrogens is 260 g/mol. The summed E-state index contributed by atoms with van der Waals surface area (Å²) in [5.74, 6) is 1.79. The summed E-state index contributed by atoms with van der Waals surface area (Å²) in [4.78, 5) is 11.9. The van der Waals surface area contributed by atoms with Crippen LogP contribution in [0.3, 0.4) is 0 Å². The molecule has 108 valence electrons. The second-order valence-electron chi connectivity index (χ2n) is 4.34. The van der Waals surface area contributed by atoms with Crippen molar-refractivity contribution in [3.8, 4) is 17.2 Å². The van der Waals surface area contributed by atoms with Gasteiger partial charge in [-0.05, 0) is 12.5 Å². The van der Waals surface area contributed by atoms with Crippen molar-refractivity contribution in [2.45, 2.75) is 19.8 Å². The lowest BCUT2D eigenvalue weighted by molar-refractivity contribution is 0.0957. The zero-order valence-corrected chi connectivity index (χ0v) is 12.1. The van der Waals surface area contributed by atoms with Gasteiger partial charge in [-0.15, -0.1) is 0 Å². The van der Waals surface area contributed by atoms with Gasteiger partial charge < -0.3 is 18.6 Å². The normalized spacial score (nSPS) is 10.6. The summed E-state index contributed by atoms with van der Waals surface area (Å²) in [7, 11) is 4.61. The van der Waals surface area contributed by atoms with E-state index < -0.39 is 0 Å². The molecule has 0 aliphatic rings. The van der Waals surface area contributed by atoms with Crippen molar-refractivity contribution in [1.29, 1.82) is 0 Å². The van der Waals surface area contributed by atoms with Crippen LogP contribution in [0.4, 0.5) is 0 Å². The van der Waals surface area contributed by atoms with Crippen LogP contribution in [-0.2, 0) is 0 Å². The molecule has 2 aromatic rings. The summed E-state index contributed by atoms with van der Waals surface area (Å²) in [6.07, 6.45) is 1.23. The molecule has 2 rings (SSSR count). The van der Waals surface area contributed by atoms with Crippen LogP contribution in [0.15, 0.2) is 16.5 Å². The maximum Gasteiger partial charge on any atom is 0.204 e. The third-order valence-corrected chi connectivity index (χ3v) is 3.08. The molecule has 5 nitrogen and oxygen atoms in total. The van der Waals surface area contributed by atoms with Crippen molar-refractivity contribution in [1.82, 2.24) is 0 Å². The summed E-state index contributed by atoms with van der Waals surface area (Å²) in [5, 5.41) is 0.699. The zero-order chi connectivity index (χ0) is 14.7. The van der Waals surface area contributed by atoms with Gasteiger partial charge >= 0.3 is 0 Å². The first-order valence-corrected chi connectivity index (χ1v) is 6.41. The number of furan rings is 1. The van der Waals surface area contributed by atoms with Gasteiger partial charge in [0, 0.05) is 12.5 Å². The molecule has 0 radical (unpaired) electrons. The number of carbonyl (C=O) groups excluding carboxylic acids is 1. The largest absolute Gasteiger partial charge is 0.493 e. The molecule has 0 spiro atoms. The van der Waals surface area contributed by atoms with E-state index in [1.807, 2.05) is 6.92 Å². The van der Waals surface area contributed by atoms with Gasteiger partial charge in [-0.25, -0.2) is 0 Å². The number of ketones is 1. The minimum absolute atomic E-state index is 0.0244. The third kappa shape index (κ3) is 2.31. The van der Waals surface area contributed by atoms with Crippen LogP contribution in [0.5, 0.6) is 17.2 Å². The number of Topliss-reactive ketones (excluding diaryl/α,β-unsaturated/α-hetero) is 1. The number of fused-ring (bicyclic) bond motifs is 1. The first-order valence-electron chi connectivity index (χ1n) is 6.41. The SMILES string of the molecule is CCCC(=O)c1cc2c(OC)c(OC)c(OC)cc2o1. The molecule has 0 atom stereocenters. The highest BCUT2D eigenvalue weighted by molar-refractivity contribution is 6.00. The van der Waals surface area contributed by atoms with E-state index in [2.05, 4.69) is 0 Å². The third-order valence-electron chi connectivity index (χ3n) is 3.08. The van der Waals surface area contributed by atoms with E-state index in [0.717, 1.165) is 6.42 Å². The number of rotatable bonds is 6. The Kier molecular flexibility index (Phi) is 4.17. The highest BCUT2D eigenvalue weighted by Crippen LogP contribution is 2.44. The number of hydrogen-bond acceptors (Lipinski definition) is 5. The van der Waals surface area contributed by atoms with Crippen molar-refractivity contribution in [2.24, 2.45) is 0 Å². The average Bonchev–Trinajstić information content (AvgIpc) is 2.88. The molecule has 0 fully saturated rings. The Morgan fingerprint density at radius 2 is 1.80 bits per heavy atom. The van der Waals surface area contributed by atoms with Crippen molar-refractivity contribution < 1.29 is 23.4 Å². The molecular formula is C15H18O5. The van der Waals surface area contributed by atoms with E-state index in [-0.39, 0.29) is 5.78 Å². The van der Waals surface area contributed by atoms with Crippen molar-refractivity contribution in [3.63, 3.8) is 0 Å². The van der Waals surface area contributed by atoms with E-state index in [0.29, 0.717) is 40.4 Å². The van der Waals surface area contributed by atoms with Crippen LogP contribution in [-0.4, -0.2) is 27.1 Å². The van der Waals surface area contributed by atoms with E-state index in [1.54, 1.807) is 12.1 Å². The summed E-state index contributed by atoms with van der Waals surface area (Å²) in [6, 6.07) is 3.38. The second-order valence-corrected chi connectivity index (χ2v) is 4.34. The van der Waals surface area contributed by atoms with Gasteiger partial charge in [0.1, 0.15) is 5.58 Å². The Labute approximate surface area is 117 Å². The molecule has 0 saturated carbocycles. The Morgan fingerprint density at radius 1 is 1.10 bits per heavy atom. The van der Waals surface area contributed by atoms with Gasteiger partial charge in [-0.2, -0.15) is 0 Å². The number of carbonyl (C=O) groups is 1. The molecule has 1 aromatic heterocycles. The Bertz CT molecular complexity index is 627. The topological polar surface area (TPSA) is 57.9 Å². The van der Waals surface area contributed by atoms with Gasteiger partial charge in [-0.3, -0.25) is 4.79 Å². The lowest BCUT2D eigenvalue weighted by atomic mass is 10.1. The molecule has 1 aromatic carbocycles. The lowest BCUT2D eigenvalue weighted by Crippen LogP contribution is -1.95. The fraction of sp³-hybridized carbons (Fsp3) is 0.400. The van der Waals surface area contributed by atoms with Gasteiger partial charge in [0.2, 0.25) is 5.75 Å². The van der Waals surface area contributed by atoms with Crippen LogP contribution in [0, 0.1) is 0 Å². The highest BCUT2D eigenvalue weighted by atomic mass is 16.5. The van der Waals surface area contributed by atoms with E-state index in [1.165, 1.54) is 21.3 Å². The lowest BCUT2D eigenvalue weighted by Gasteiger charge is -2.11. The van der Waals surface area contributed by atoms with Crippen LogP contribution in [0.1, 0.15) is 30.3 Å². The fourth-order valence-electron chi connectivity index (χ4n) is 2.14. The highest BCUT2D eigenvalue weighted by Gasteiger charge is 2.21. The van der Waals surface area contributed by atoms with Gasteiger partial charge in [0.15, 0.2) is 23.0 Å². The second kappa shape index (κ2) is 5.86. The first kappa shape index (κ1) is 14.2. The molecule has 0 saturated heterocycles. The Hall–Kier alpha value is -2.17. The standard InChI is InChI=1S/C15H18O5/c1-5-6-10(16)12-7-9-11(20-12)8-13(17-2)15(19-4)14(9)18-3/h7-8H,5-6H2,1-4H3. The quantitative estimate of drug-likeness (QED) is 0.757. The zero-order valence-electron chi connectivity index (χ0n) is 12.1. The predicted molar refractivity (Wildman–Crippen MR) is 75.1 cm³/mol. The summed E-state index contributed by atoms with van der Waals surface area (Å²) < 4.78 is 21.5. The van der Waals surface area contributed by atoms with Crippen molar-refractivity contribution >= 4 is 16.8 Å². The van der Waals surface area contributed by atoms with Crippen LogP contribution < -0.4 is 14.2 Å². The summed E-state index contributed by atoms with van der Waals surface area (Å²) in [5.41, 5.74) is 0.541. The first-order chi connectivity index (χ1) is 9.65. The smallest absolute Gasteiger partial charge is 0.204 e. The molecule has 0 N–H and O–H groups in total. The summed E-state index contributed by atoms with van der Waals surface area (Å²) in [6.45, 7) is 1.95. The molecule has 5 heteroatoms. The van der Waals surface area contributed by atoms with Gasteiger partial charge in [-0.1, -0.05) is 6.92 Å². The number of methoxy groups -OCH3 is 3. The molecule has 1 heterocycles. The van der Waals surface area contributed by atoms with E-state index >= 15 is 0 Å². The molecule has 0 unspecified atom stereocenters. The monoisotopic (exact) mass is 278 g/mol. The minimum Gasteiger partial charge on any atom is -0.493 e. The van der Waals surface area contributed by atoms with Crippen molar-refractivity contribution in [3.05, 3.63) is 17.9 Å². The average molecular weight is 278 g/mol. The molecule has 0 aliphatic carbocycles. The molecule has 0 amide bonds. The maximum atomic E-state index is 11.9. The Balaban J connectivity index is 2.64. The van der Waals surface area contributed by atoms with Crippen LogP contribution >= 0.6 is 0 Å². The number of hydrogen-bond donors (Lipinski definition) is 0. The molecule has 0 bridgehead atoms. The minimum atomic E-state index is -0.0244. The number of ether oxygens (including phenoxy) is 3. The van der Waals surface area contributed by atoms with Crippen LogP contribution in [0.2, 0.25) is 0 Å². The summed E-state index contributed by atoms with van der Waals surface area (Å²) >= 11 is 0. The molecule has 20 heavy (non-hydrogen) atoms. The maximum absolute atomic E-state index is 11.9. The predicted octanol–water partition coefficient (Wildman–Crippen LogP) is 3.44. The Morgan fingerprint density at radius 3 is 2.35 bits per heavy atom. The number of benzene rings is 1. The fourth-order valence-corrected chi connectivity index (χ4v) is 2.14. The van der Waals surface area contributed by atoms with Crippen LogP contribution in [0.25, 0.3) is 11.0 Å². The molecule has 0 aliphatic heterocycles. The van der Waals surface area contributed by atoms with Gasteiger partial charge in [0.25, 0.3) is 0 Å². The van der Waals surface area contributed by atoms with E-state index in [9.17, 15) is 4.79 Å².